The fourth-order valence-corrected chi connectivity index (χ4v) is 3.56. The molecule has 1 unspecified atom stereocenters. The molecule has 1 aromatic rings. The first-order valence-electron chi connectivity index (χ1n) is 14.9. The standard InChI is InChI=1S/C10H12.C10H14.C7H10.C5H12.2C2H6/c1-8-6-9-4-2-3-5-10(9)7-8;1-2-7-10-8-5-3-4-6-9-10;1-7-5-3-2-4-6-7;1-4-5(2)3;2*1-2/h2-5,8H,6-7H2,1H3;3,5-6,8-9H,2,4,7H2,1H3;2-5,7H,6H2,1H3;5H,4H2,1-3H3;2*1-2H3. The van der Waals surface area contributed by atoms with Crippen molar-refractivity contribution in [3.63, 3.8) is 0 Å². The van der Waals surface area contributed by atoms with Crippen LogP contribution in [0.3, 0.4) is 0 Å². The van der Waals surface area contributed by atoms with E-state index in [-0.39, 0.29) is 0 Å². The van der Waals surface area contributed by atoms with E-state index in [4.69, 9.17) is 0 Å². The lowest BCUT2D eigenvalue weighted by Crippen LogP contribution is -1.89. The van der Waals surface area contributed by atoms with Crippen LogP contribution in [0.1, 0.15) is 112 Å². The molecule has 204 valence electrons. The average Bonchev–Trinajstić information content (AvgIpc) is 3.10. The molecule has 0 aliphatic heterocycles. The van der Waals surface area contributed by atoms with Crippen LogP contribution in [0.15, 0.2) is 84.5 Å². The van der Waals surface area contributed by atoms with Crippen LogP contribution in [0.25, 0.3) is 0 Å². The van der Waals surface area contributed by atoms with Gasteiger partial charge in [0.05, 0.1) is 0 Å². The highest BCUT2D eigenvalue weighted by molar-refractivity contribution is 5.31. The summed E-state index contributed by atoms with van der Waals surface area (Å²) in [6.07, 6.45) is 28.2. The molecule has 0 saturated carbocycles. The van der Waals surface area contributed by atoms with Crippen molar-refractivity contribution in [2.75, 3.05) is 0 Å². The molecule has 0 aromatic heterocycles. The maximum Gasteiger partial charge on any atom is -0.0163 e. The van der Waals surface area contributed by atoms with Crippen LogP contribution in [0.4, 0.5) is 0 Å². The van der Waals surface area contributed by atoms with Crippen LogP contribution >= 0.6 is 0 Å². The zero-order valence-electron chi connectivity index (χ0n) is 25.7. The molecule has 0 N–H and O–H groups in total. The molecule has 0 radical (unpaired) electrons. The second-order valence-corrected chi connectivity index (χ2v) is 9.67. The first-order valence-corrected chi connectivity index (χ1v) is 14.9. The minimum Gasteiger partial charge on any atom is -0.0840 e. The zero-order valence-corrected chi connectivity index (χ0v) is 25.7. The predicted octanol–water partition coefficient (Wildman–Crippen LogP) is 11.9. The highest BCUT2D eigenvalue weighted by atomic mass is 14.2. The molecule has 0 bridgehead atoms. The van der Waals surface area contributed by atoms with E-state index in [1.54, 1.807) is 11.1 Å². The average molecular weight is 493 g/mol. The topological polar surface area (TPSA) is 0 Å². The quantitative estimate of drug-likeness (QED) is 0.393. The van der Waals surface area contributed by atoms with Crippen molar-refractivity contribution in [2.45, 2.75) is 114 Å². The van der Waals surface area contributed by atoms with Crippen LogP contribution < -0.4 is 0 Å². The van der Waals surface area contributed by atoms with Gasteiger partial charge in [0.15, 0.2) is 0 Å². The van der Waals surface area contributed by atoms with E-state index in [1.165, 1.54) is 44.1 Å². The van der Waals surface area contributed by atoms with E-state index in [1.807, 2.05) is 27.7 Å². The van der Waals surface area contributed by atoms with Crippen molar-refractivity contribution in [1.29, 1.82) is 0 Å². The smallest absolute Gasteiger partial charge is 0.0163 e. The molecule has 0 spiro atoms. The Morgan fingerprint density at radius 2 is 1.39 bits per heavy atom. The van der Waals surface area contributed by atoms with Gasteiger partial charge in [-0.25, -0.2) is 0 Å². The Morgan fingerprint density at radius 3 is 1.81 bits per heavy atom. The molecular formula is C36H60. The maximum absolute atomic E-state index is 2.32. The van der Waals surface area contributed by atoms with Gasteiger partial charge in [-0.2, -0.15) is 0 Å². The van der Waals surface area contributed by atoms with E-state index in [0.29, 0.717) is 0 Å². The molecule has 0 saturated heterocycles. The number of hydrogen-bond acceptors (Lipinski definition) is 0. The summed E-state index contributed by atoms with van der Waals surface area (Å²) in [6.45, 7) is 21.4. The van der Waals surface area contributed by atoms with E-state index in [9.17, 15) is 0 Å². The van der Waals surface area contributed by atoms with E-state index in [2.05, 4.69) is 120 Å². The fraction of sp³-hybridized carbons (Fsp3) is 0.556. The van der Waals surface area contributed by atoms with Crippen LogP contribution in [-0.2, 0) is 12.8 Å². The molecule has 4 rings (SSSR count). The van der Waals surface area contributed by atoms with Gasteiger partial charge in [-0.05, 0) is 66.6 Å². The molecule has 0 heteroatoms. The van der Waals surface area contributed by atoms with E-state index in [0.717, 1.165) is 24.2 Å². The van der Waals surface area contributed by atoms with Crippen molar-refractivity contribution < 1.29 is 0 Å². The minimum atomic E-state index is 0.769. The van der Waals surface area contributed by atoms with Crippen molar-refractivity contribution in [3.05, 3.63) is 95.6 Å². The summed E-state index contributed by atoms with van der Waals surface area (Å²) in [6, 6.07) is 8.77. The molecule has 3 aliphatic rings. The van der Waals surface area contributed by atoms with Gasteiger partial charge in [0, 0.05) is 0 Å². The van der Waals surface area contributed by atoms with Crippen molar-refractivity contribution in [1.82, 2.24) is 0 Å². The summed E-state index contributed by atoms with van der Waals surface area (Å²) in [5.41, 5.74) is 4.58. The van der Waals surface area contributed by atoms with Gasteiger partial charge in [-0.1, -0.05) is 161 Å². The Labute approximate surface area is 227 Å². The van der Waals surface area contributed by atoms with Gasteiger partial charge < -0.3 is 0 Å². The van der Waals surface area contributed by atoms with Gasteiger partial charge in [-0.15, -0.1) is 0 Å². The lowest BCUT2D eigenvalue weighted by molar-refractivity contribution is 0.626. The van der Waals surface area contributed by atoms with Crippen molar-refractivity contribution in [2.24, 2.45) is 17.8 Å². The summed E-state index contributed by atoms with van der Waals surface area (Å²) >= 11 is 0. The SMILES string of the molecule is CC.CC.CC1C=CC=CC1.CC1Cc2ccccc2C1.CCC(C)C.CCCC1=CC=CCC=C1. The van der Waals surface area contributed by atoms with Gasteiger partial charge in [0.25, 0.3) is 0 Å². The molecule has 0 amide bonds. The van der Waals surface area contributed by atoms with E-state index >= 15 is 0 Å². The third kappa shape index (κ3) is 20.1. The largest absolute Gasteiger partial charge is 0.0840 e. The van der Waals surface area contributed by atoms with Crippen molar-refractivity contribution in [3.8, 4) is 0 Å². The maximum atomic E-state index is 2.32. The fourth-order valence-electron chi connectivity index (χ4n) is 3.56. The van der Waals surface area contributed by atoms with Gasteiger partial charge in [-0.3, -0.25) is 0 Å². The summed E-state index contributed by atoms with van der Waals surface area (Å²) in [4.78, 5) is 0. The molecule has 3 aliphatic carbocycles. The van der Waals surface area contributed by atoms with Crippen LogP contribution in [0, 0.1) is 17.8 Å². The first-order chi connectivity index (χ1) is 17.5. The van der Waals surface area contributed by atoms with Gasteiger partial charge in [0.2, 0.25) is 0 Å². The predicted molar refractivity (Wildman–Crippen MR) is 169 cm³/mol. The van der Waals surface area contributed by atoms with Crippen LogP contribution in [0.2, 0.25) is 0 Å². The molecule has 1 aromatic carbocycles. The lowest BCUT2D eigenvalue weighted by atomic mass is 10.0. The molecule has 0 nitrogen and oxygen atoms in total. The second-order valence-electron chi connectivity index (χ2n) is 9.67. The summed E-state index contributed by atoms with van der Waals surface area (Å²) in [5.74, 6) is 2.53. The van der Waals surface area contributed by atoms with Crippen LogP contribution in [0.5, 0.6) is 0 Å². The molecule has 1 atom stereocenters. The molecule has 0 fully saturated rings. The Morgan fingerprint density at radius 1 is 0.806 bits per heavy atom. The minimum absolute atomic E-state index is 0.769. The number of fused-ring (bicyclic) bond motifs is 1. The monoisotopic (exact) mass is 492 g/mol. The normalized spacial score (nSPS) is 16.6. The highest BCUT2D eigenvalue weighted by Crippen LogP contribution is 2.25. The van der Waals surface area contributed by atoms with Crippen LogP contribution in [-0.4, -0.2) is 0 Å². The number of benzene rings is 1. The lowest BCUT2D eigenvalue weighted by Gasteiger charge is -2.02. The Bertz CT molecular complexity index is 729. The third-order valence-corrected chi connectivity index (χ3v) is 5.86. The Balaban J connectivity index is 0. The third-order valence-electron chi connectivity index (χ3n) is 5.86. The number of hydrogen-bond donors (Lipinski definition) is 0. The summed E-state index contributed by atoms with van der Waals surface area (Å²) in [7, 11) is 0. The first kappa shape index (κ1) is 36.1. The zero-order chi connectivity index (χ0) is 27.6. The summed E-state index contributed by atoms with van der Waals surface area (Å²) < 4.78 is 0. The van der Waals surface area contributed by atoms with Gasteiger partial charge >= 0.3 is 0 Å². The molecular weight excluding hydrogens is 432 g/mol. The molecule has 36 heavy (non-hydrogen) atoms. The van der Waals surface area contributed by atoms with Crippen molar-refractivity contribution >= 4 is 0 Å². The Kier molecular flexibility index (Phi) is 26.1. The number of rotatable bonds is 3. The number of allylic oxidation sites excluding steroid dienone is 10. The van der Waals surface area contributed by atoms with Gasteiger partial charge in [0.1, 0.15) is 0 Å². The second kappa shape index (κ2) is 26.0. The Hall–Kier alpha value is -2.08. The van der Waals surface area contributed by atoms with E-state index < -0.39 is 0 Å². The highest BCUT2D eigenvalue weighted by Gasteiger charge is 2.15. The summed E-state index contributed by atoms with van der Waals surface area (Å²) in [5, 5.41) is 0. The molecule has 0 heterocycles.